The molecule has 0 saturated heterocycles. The Hall–Kier alpha value is -0.350. The van der Waals surface area contributed by atoms with E-state index in [0.29, 0.717) is 12.0 Å². The van der Waals surface area contributed by atoms with E-state index in [0.717, 1.165) is 0 Å². The van der Waals surface area contributed by atoms with Gasteiger partial charge in [-0.25, -0.2) is 4.39 Å². The zero-order chi connectivity index (χ0) is 9.84. The highest BCUT2D eigenvalue weighted by atomic mass is 35.5. The van der Waals surface area contributed by atoms with Gasteiger partial charge in [0.1, 0.15) is 5.82 Å². The van der Waals surface area contributed by atoms with Crippen molar-refractivity contribution in [3.05, 3.63) is 34.6 Å². The summed E-state index contributed by atoms with van der Waals surface area (Å²) in [7, 11) is 0. The van der Waals surface area contributed by atoms with Crippen molar-refractivity contribution in [3.8, 4) is 0 Å². The van der Waals surface area contributed by atoms with Gasteiger partial charge in [-0.15, -0.1) is 12.4 Å². The molecule has 0 aromatic heterocycles. The van der Waals surface area contributed by atoms with E-state index in [-0.39, 0.29) is 24.0 Å². The Kier molecular flexibility index (Phi) is 6.04. The fourth-order valence-corrected chi connectivity index (χ4v) is 1.37. The average Bonchev–Trinajstić information content (AvgIpc) is 2.10. The highest BCUT2D eigenvalue weighted by Gasteiger charge is 2.11. The second-order valence-corrected chi connectivity index (χ2v) is 3.14. The topological polar surface area (TPSA) is 46.2 Å². The van der Waals surface area contributed by atoms with Gasteiger partial charge in [0.05, 0.1) is 5.02 Å². The second-order valence-electron chi connectivity index (χ2n) is 2.76. The molecule has 80 valence electrons. The van der Waals surface area contributed by atoms with Gasteiger partial charge in [-0.3, -0.25) is 0 Å². The summed E-state index contributed by atoms with van der Waals surface area (Å²) >= 11 is 5.69. The van der Waals surface area contributed by atoms with Gasteiger partial charge >= 0.3 is 0 Å². The molecule has 1 atom stereocenters. The zero-order valence-corrected chi connectivity index (χ0v) is 8.98. The van der Waals surface area contributed by atoms with Crippen molar-refractivity contribution in [3.63, 3.8) is 0 Å². The van der Waals surface area contributed by atoms with Crippen molar-refractivity contribution in [2.75, 3.05) is 6.61 Å². The van der Waals surface area contributed by atoms with Crippen LogP contribution in [0.5, 0.6) is 0 Å². The molecule has 0 aliphatic carbocycles. The number of nitrogens with two attached hydrogens (primary N) is 1. The molecule has 1 aromatic carbocycles. The molecule has 0 amide bonds. The third kappa shape index (κ3) is 3.10. The minimum Gasteiger partial charge on any atom is -0.396 e. The summed E-state index contributed by atoms with van der Waals surface area (Å²) in [6.45, 7) is -0.0337. The second kappa shape index (κ2) is 6.19. The molecule has 0 bridgehead atoms. The molecule has 3 N–H and O–H groups in total. The molecule has 0 fully saturated rings. The zero-order valence-electron chi connectivity index (χ0n) is 7.41. The van der Waals surface area contributed by atoms with E-state index in [1.807, 2.05) is 0 Å². The molecular weight excluding hydrogens is 228 g/mol. The lowest BCUT2D eigenvalue weighted by Crippen LogP contribution is -2.12. The molecule has 0 unspecified atom stereocenters. The van der Waals surface area contributed by atoms with Crippen LogP contribution < -0.4 is 5.73 Å². The summed E-state index contributed by atoms with van der Waals surface area (Å²) in [5.74, 6) is -0.479. The third-order valence-corrected chi connectivity index (χ3v) is 2.22. The monoisotopic (exact) mass is 239 g/mol. The minimum absolute atomic E-state index is 0. The number of rotatable bonds is 3. The number of hydrogen-bond acceptors (Lipinski definition) is 2. The highest BCUT2D eigenvalue weighted by molar-refractivity contribution is 6.31. The summed E-state index contributed by atoms with van der Waals surface area (Å²) in [6.07, 6.45) is 0.378. The molecule has 0 heterocycles. The fourth-order valence-electron chi connectivity index (χ4n) is 1.10. The lowest BCUT2D eigenvalue weighted by Gasteiger charge is -2.12. The Morgan fingerprint density at radius 1 is 1.50 bits per heavy atom. The van der Waals surface area contributed by atoms with E-state index in [9.17, 15) is 4.39 Å². The Balaban J connectivity index is 0.00000169. The molecule has 2 nitrogen and oxygen atoms in total. The minimum atomic E-state index is -0.479. The van der Waals surface area contributed by atoms with E-state index in [1.54, 1.807) is 12.1 Å². The summed E-state index contributed by atoms with van der Waals surface area (Å²) < 4.78 is 12.9. The van der Waals surface area contributed by atoms with Crippen LogP contribution in [-0.2, 0) is 0 Å². The van der Waals surface area contributed by atoms with Crippen molar-refractivity contribution in [1.29, 1.82) is 0 Å². The molecule has 5 heteroatoms. The van der Waals surface area contributed by atoms with Crippen LogP contribution in [0.15, 0.2) is 18.2 Å². The van der Waals surface area contributed by atoms with Gasteiger partial charge in [0, 0.05) is 12.6 Å². The van der Waals surface area contributed by atoms with E-state index < -0.39 is 11.9 Å². The Morgan fingerprint density at radius 3 is 2.71 bits per heavy atom. The maximum absolute atomic E-state index is 12.9. The van der Waals surface area contributed by atoms with Gasteiger partial charge in [-0.1, -0.05) is 23.7 Å². The number of aliphatic hydroxyl groups excluding tert-OH is 1. The largest absolute Gasteiger partial charge is 0.396 e. The summed E-state index contributed by atoms with van der Waals surface area (Å²) in [5, 5.41) is 8.69. The van der Waals surface area contributed by atoms with Crippen LogP contribution in [0.25, 0.3) is 0 Å². The van der Waals surface area contributed by atoms with Crippen molar-refractivity contribution in [2.24, 2.45) is 5.73 Å². The standard InChI is InChI=1S/C9H11ClFNO.ClH/c10-9-6(8(12)4-5-13)2-1-3-7(9)11;/h1-3,8,13H,4-5,12H2;1H/t8-;/m0./s1. The lowest BCUT2D eigenvalue weighted by molar-refractivity contribution is 0.276. The first kappa shape index (κ1) is 13.7. The molecule has 0 saturated carbocycles. The van der Waals surface area contributed by atoms with Gasteiger partial charge in [0.2, 0.25) is 0 Å². The van der Waals surface area contributed by atoms with Crippen LogP contribution in [-0.4, -0.2) is 11.7 Å². The number of benzene rings is 1. The molecule has 0 spiro atoms. The number of halogens is 3. The maximum Gasteiger partial charge on any atom is 0.142 e. The van der Waals surface area contributed by atoms with Gasteiger partial charge in [0.25, 0.3) is 0 Å². The highest BCUT2D eigenvalue weighted by Crippen LogP contribution is 2.25. The smallest absolute Gasteiger partial charge is 0.142 e. The normalized spacial score (nSPS) is 12.0. The predicted molar refractivity (Wildman–Crippen MR) is 57.3 cm³/mol. The molecule has 1 aromatic rings. The molecular formula is C9H12Cl2FNO. The van der Waals surface area contributed by atoms with Crippen molar-refractivity contribution in [1.82, 2.24) is 0 Å². The quantitative estimate of drug-likeness (QED) is 0.851. The molecule has 0 radical (unpaired) electrons. The molecule has 0 aliphatic heterocycles. The fraction of sp³-hybridized carbons (Fsp3) is 0.333. The van der Waals surface area contributed by atoms with Crippen LogP contribution >= 0.6 is 24.0 Å². The Bertz CT molecular complexity index is 296. The van der Waals surface area contributed by atoms with E-state index in [4.69, 9.17) is 22.4 Å². The van der Waals surface area contributed by atoms with Crippen LogP contribution in [0.3, 0.4) is 0 Å². The summed E-state index contributed by atoms with van der Waals surface area (Å²) in [5.41, 5.74) is 6.20. The van der Waals surface area contributed by atoms with Crippen LogP contribution in [0, 0.1) is 5.82 Å². The Morgan fingerprint density at radius 2 is 2.14 bits per heavy atom. The van der Waals surface area contributed by atoms with E-state index in [1.165, 1.54) is 6.07 Å². The predicted octanol–water partition coefficient (Wildman–Crippen LogP) is 2.28. The van der Waals surface area contributed by atoms with Gasteiger partial charge in [0.15, 0.2) is 0 Å². The average molecular weight is 240 g/mol. The van der Waals surface area contributed by atoms with Crippen molar-refractivity contribution < 1.29 is 9.50 Å². The van der Waals surface area contributed by atoms with Crippen molar-refractivity contribution >= 4 is 24.0 Å². The van der Waals surface area contributed by atoms with Crippen LogP contribution in [0.4, 0.5) is 4.39 Å². The third-order valence-electron chi connectivity index (χ3n) is 1.82. The molecule has 0 aliphatic rings. The number of hydrogen-bond donors (Lipinski definition) is 2. The van der Waals surface area contributed by atoms with Crippen LogP contribution in [0.1, 0.15) is 18.0 Å². The first-order valence-corrected chi connectivity index (χ1v) is 4.35. The summed E-state index contributed by atoms with van der Waals surface area (Å²) in [4.78, 5) is 0. The number of aliphatic hydroxyl groups is 1. The van der Waals surface area contributed by atoms with E-state index >= 15 is 0 Å². The first-order valence-electron chi connectivity index (χ1n) is 3.97. The van der Waals surface area contributed by atoms with Gasteiger partial charge in [-0.05, 0) is 18.1 Å². The van der Waals surface area contributed by atoms with Crippen LogP contribution in [0.2, 0.25) is 5.02 Å². The first-order chi connectivity index (χ1) is 6.16. The van der Waals surface area contributed by atoms with Gasteiger partial charge in [-0.2, -0.15) is 0 Å². The van der Waals surface area contributed by atoms with Gasteiger partial charge < -0.3 is 10.8 Å². The lowest BCUT2D eigenvalue weighted by atomic mass is 10.1. The maximum atomic E-state index is 12.9. The Labute approximate surface area is 93.3 Å². The summed E-state index contributed by atoms with van der Waals surface area (Å²) in [6, 6.07) is 4.07. The van der Waals surface area contributed by atoms with Crippen molar-refractivity contribution in [2.45, 2.75) is 12.5 Å². The molecule has 1 rings (SSSR count). The SMILES string of the molecule is Cl.N[C@@H](CCO)c1cccc(F)c1Cl. The molecule has 14 heavy (non-hydrogen) atoms. The van der Waals surface area contributed by atoms with E-state index in [2.05, 4.69) is 0 Å².